The van der Waals surface area contributed by atoms with Crippen molar-refractivity contribution in [1.82, 2.24) is 0 Å². The van der Waals surface area contributed by atoms with E-state index in [4.69, 9.17) is 5.21 Å². The minimum absolute atomic E-state index is 0.231. The van der Waals surface area contributed by atoms with Crippen molar-refractivity contribution < 1.29 is 13.6 Å². The van der Waals surface area contributed by atoms with E-state index in [1.807, 2.05) is 0 Å². The molecule has 0 atom stereocenters. The third kappa shape index (κ3) is 3.20. The third-order valence-electron chi connectivity index (χ3n) is 2.53. The molecule has 1 aromatic heterocycles. The number of thiophene rings is 1. The number of nitrogens with one attached hydrogen (secondary N) is 1. The SMILES string of the molecule is CC(=NO)c1ccc(NS(=O)(=O)c2sccc2Br)cc1. The van der Waals surface area contributed by atoms with Crippen molar-refractivity contribution in [3.63, 3.8) is 0 Å². The van der Waals surface area contributed by atoms with Gasteiger partial charge in [0.2, 0.25) is 0 Å². The Morgan fingerprint density at radius 1 is 1.30 bits per heavy atom. The maximum atomic E-state index is 12.2. The average Bonchev–Trinajstić information content (AvgIpc) is 2.85. The van der Waals surface area contributed by atoms with Crippen molar-refractivity contribution in [2.75, 3.05) is 4.72 Å². The number of hydrogen-bond donors (Lipinski definition) is 2. The Balaban J connectivity index is 2.25. The first-order chi connectivity index (χ1) is 9.44. The molecule has 0 spiro atoms. The van der Waals surface area contributed by atoms with Gasteiger partial charge in [-0.3, -0.25) is 4.72 Å². The molecule has 0 saturated heterocycles. The first kappa shape index (κ1) is 15.0. The van der Waals surface area contributed by atoms with Gasteiger partial charge >= 0.3 is 0 Å². The van der Waals surface area contributed by atoms with Gasteiger partial charge in [0.05, 0.1) is 5.71 Å². The van der Waals surface area contributed by atoms with Crippen LogP contribution in [0.25, 0.3) is 0 Å². The van der Waals surface area contributed by atoms with Gasteiger partial charge in [-0.2, -0.15) is 0 Å². The second-order valence-electron chi connectivity index (χ2n) is 3.92. The van der Waals surface area contributed by atoms with Crippen LogP contribution in [0, 0.1) is 0 Å². The van der Waals surface area contributed by atoms with Crippen molar-refractivity contribution in [1.29, 1.82) is 0 Å². The molecule has 5 nitrogen and oxygen atoms in total. The molecule has 0 fully saturated rings. The molecule has 2 rings (SSSR count). The van der Waals surface area contributed by atoms with E-state index in [1.54, 1.807) is 42.6 Å². The molecule has 1 aromatic carbocycles. The molecule has 0 amide bonds. The maximum Gasteiger partial charge on any atom is 0.272 e. The van der Waals surface area contributed by atoms with Gasteiger partial charge < -0.3 is 5.21 Å². The van der Waals surface area contributed by atoms with Crippen LogP contribution in [-0.2, 0) is 10.0 Å². The van der Waals surface area contributed by atoms with E-state index in [-0.39, 0.29) is 4.21 Å². The zero-order valence-corrected chi connectivity index (χ0v) is 13.6. The van der Waals surface area contributed by atoms with Crippen molar-refractivity contribution in [2.24, 2.45) is 5.16 Å². The van der Waals surface area contributed by atoms with Crippen molar-refractivity contribution in [3.8, 4) is 0 Å². The Morgan fingerprint density at radius 2 is 1.95 bits per heavy atom. The van der Waals surface area contributed by atoms with Gasteiger partial charge in [0, 0.05) is 10.2 Å². The fourth-order valence-electron chi connectivity index (χ4n) is 1.51. The molecule has 0 aliphatic heterocycles. The van der Waals surface area contributed by atoms with Crippen LogP contribution in [0.2, 0.25) is 0 Å². The van der Waals surface area contributed by atoms with Crippen LogP contribution in [0.15, 0.2) is 49.5 Å². The van der Waals surface area contributed by atoms with E-state index in [0.29, 0.717) is 21.4 Å². The molecule has 1 heterocycles. The van der Waals surface area contributed by atoms with Crippen LogP contribution in [-0.4, -0.2) is 19.3 Å². The lowest BCUT2D eigenvalue weighted by molar-refractivity contribution is 0.319. The molecule has 2 N–H and O–H groups in total. The Labute approximate surface area is 129 Å². The van der Waals surface area contributed by atoms with Gasteiger partial charge in [-0.05, 0) is 52.0 Å². The fourth-order valence-corrected chi connectivity index (χ4v) is 4.91. The maximum absolute atomic E-state index is 12.2. The molecule has 0 aliphatic carbocycles. The number of sulfonamides is 1. The van der Waals surface area contributed by atoms with Gasteiger partial charge in [0.15, 0.2) is 4.21 Å². The zero-order chi connectivity index (χ0) is 14.8. The number of oxime groups is 1. The third-order valence-corrected chi connectivity index (χ3v) is 6.58. The number of nitrogens with zero attached hydrogens (tertiary/aromatic N) is 1. The van der Waals surface area contributed by atoms with E-state index < -0.39 is 10.0 Å². The van der Waals surface area contributed by atoms with Crippen LogP contribution in [0.5, 0.6) is 0 Å². The minimum Gasteiger partial charge on any atom is -0.411 e. The van der Waals surface area contributed by atoms with E-state index in [0.717, 1.165) is 11.3 Å². The Bertz CT molecular complexity index is 736. The van der Waals surface area contributed by atoms with Crippen molar-refractivity contribution in [2.45, 2.75) is 11.1 Å². The summed E-state index contributed by atoms with van der Waals surface area (Å²) in [5.41, 5.74) is 1.62. The molecular weight excluding hydrogens is 364 g/mol. The standard InChI is InChI=1S/C12H11BrN2O3S2/c1-8(14-16)9-2-4-10(5-3-9)15-20(17,18)12-11(13)6-7-19-12/h2-7,15-16H,1H3. The molecule has 0 radical (unpaired) electrons. The number of halogens is 1. The molecule has 0 aliphatic rings. The van der Waals surface area contributed by atoms with Crippen molar-refractivity contribution in [3.05, 3.63) is 45.7 Å². The second-order valence-corrected chi connectivity index (χ2v) is 7.57. The van der Waals surface area contributed by atoms with Crippen LogP contribution in [0.4, 0.5) is 5.69 Å². The summed E-state index contributed by atoms with van der Waals surface area (Å²) >= 11 is 4.34. The summed E-state index contributed by atoms with van der Waals surface area (Å²) in [7, 11) is -3.60. The number of benzene rings is 1. The van der Waals surface area contributed by atoms with Crippen LogP contribution < -0.4 is 4.72 Å². The van der Waals surface area contributed by atoms with E-state index >= 15 is 0 Å². The molecule has 0 unspecified atom stereocenters. The summed E-state index contributed by atoms with van der Waals surface area (Å²) in [4.78, 5) is 0. The summed E-state index contributed by atoms with van der Waals surface area (Å²) < 4.78 is 27.6. The summed E-state index contributed by atoms with van der Waals surface area (Å²) in [5, 5.41) is 13.5. The van der Waals surface area contributed by atoms with Gasteiger partial charge in [-0.25, -0.2) is 8.42 Å². The van der Waals surface area contributed by atoms with E-state index in [9.17, 15) is 8.42 Å². The molecule has 2 aromatic rings. The predicted octanol–water partition coefficient (Wildman–Crippen LogP) is 3.51. The first-order valence-corrected chi connectivity index (χ1v) is 8.64. The van der Waals surface area contributed by atoms with Crippen molar-refractivity contribution >= 4 is 48.7 Å². The Morgan fingerprint density at radius 3 is 2.45 bits per heavy atom. The van der Waals surface area contributed by atoms with Gasteiger partial charge in [-0.1, -0.05) is 17.3 Å². The predicted molar refractivity (Wildman–Crippen MR) is 83.3 cm³/mol. The second kappa shape index (κ2) is 5.94. The average molecular weight is 375 g/mol. The van der Waals surface area contributed by atoms with Gasteiger partial charge in [0.1, 0.15) is 0 Å². The lowest BCUT2D eigenvalue weighted by Gasteiger charge is -2.07. The largest absolute Gasteiger partial charge is 0.411 e. The molecule has 106 valence electrons. The number of anilines is 1. The Kier molecular flexibility index (Phi) is 4.46. The highest BCUT2D eigenvalue weighted by molar-refractivity contribution is 9.10. The monoisotopic (exact) mass is 374 g/mol. The highest BCUT2D eigenvalue weighted by atomic mass is 79.9. The smallest absolute Gasteiger partial charge is 0.272 e. The van der Waals surface area contributed by atoms with Crippen LogP contribution in [0.3, 0.4) is 0 Å². The van der Waals surface area contributed by atoms with Gasteiger partial charge in [-0.15, -0.1) is 11.3 Å². The topological polar surface area (TPSA) is 78.8 Å². The fraction of sp³-hybridized carbons (Fsp3) is 0.0833. The molecular formula is C12H11BrN2O3S2. The number of rotatable bonds is 4. The van der Waals surface area contributed by atoms with Crippen LogP contribution in [0.1, 0.15) is 12.5 Å². The molecule has 20 heavy (non-hydrogen) atoms. The summed E-state index contributed by atoms with van der Waals surface area (Å²) in [6.07, 6.45) is 0. The quantitative estimate of drug-likeness (QED) is 0.488. The lowest BCUT2D eigenvalue weighted by atomic mass is 10.1. The molecule has 8 heteroatoms. The molecule has 0 bridgehead atoms. The van der Waals surface area contributed by atoms with E-state index in [2.05, 4.69) is 25.8 Å². The summed E-state index contributed by atoms with van der Waals surface area (Å²) in [6, 6.07) is 8.27. The number of hydrogen-bond acceptors (Lipinski definition) is 5. The highest BCUT2D eigenvalue weighted by Crippen LogP contribution is 2.29. The molecule has 0 saturated carbocycles. The lowest BCUT2D eigenvalue weighted by Crippen LogP contribution is -2.12. The van der Waals surface area contributed by atoms with Gasteiger partial charge in [0.25, 0.3) is 10.0 Å². The summed E-state index contributed by atoms with van der Waals surface area (Å²) in [5.74, 6) is 0. The normalized spacial score (nSPS) is 12.4. The van der Waals surface area contributed by atoms with E-state index in [1.165, 1.54) is 0 Å². The first-order valence-electron chi connectivity index (χ1n) is 5.49. The summed E-state index contributed by atoms with van der Waals surface area (Å²) in [6.45, 7) is 1.65. The van der Waals surface area contributed by atoms with Crippen LogP contribution >= 0.6 is 27.3 Å². The Hall–Kier alpha value is -1.38. The minimum atomic E-state index is -3.60. The highest BCUT2D eigenvalue weighted by Gasteiger charge is 2.19. The zero-order valence-electron chi connectivity index (χ0n) is 10.4.